The molecular weight excluding hydrogens is 422 g/mol. The molecule has 0 fully saturated rings. The second-order valence-electron chi connectivity index (χ2n) is 8.70. The van der Waals surface area contributed by atoms with Crippen molar-refractivity contribution < 1.29 is 0 Å². The van der Waals surface area contributed by atoms with Crippen LogP contribution in [-0.4, -0.2) is 49.1 Å². The first-order valence-corrected chi connectivity index (χ1v) is 11.1. The lowest BCUT2D eigenvalue weighted by Crippen LogP contribution is -2.10. The van der Waals surface area contributed by atoms with Gasteiger partial charge in [0.25, 0.3) is 0 Å². The van der Waals surface area contributed by atoms with Gasteiger partial charge in [0.1, 0.15) is 5.69 Å². The highest BCUT2D eigenvalue weighted by Crippen LogP contribution is 2.34. The van der Waals surface area contributed by atoms with Crippen molar-refractivity contribution in [2.24, 2.45) is 0 Å². The molecule has 7 heteroatoms. The number of H-pyrrole nitrogens is 2. The summed E-state index contributed by atoms with van der Waals surface area (Å²) in [6, 6.07) is 16.8. The van der Waals surface area contributed by atoms with Crippen LogP contribution in [-0.2, 0) is 6.54 Å². The number of fused-ring (bicyclic) bond motifs is 2. The van der Waals surface area contributed by atoms with Gasteiger partial charge in [-0.3, -0.25) is 15.1 Å². The van der Waals surface area contributed by atoms with Gasteiger partial charge in [-0.15, -0.1) is 0 Å². The molecule has 0 aliphatic heterocycles. The average Bonchev–Trinajstić information content (AvgIpc) is 3.48. The van der Waals surface area contributed by atoms with Gasteiger partial charge in [0.05, 0.1) is 5.69 Å². The van der Waals surface area contributed by atoms with Crippen molar-refractivity contribution in [3.05, 3.63) is 85.1 Å². The fourth-order valence-corrected chi connectivity index (χ4v) is 4.43. The summed E-state index contributed by atoms with van der Waals surface area (Å²) in [6.07, 6.45) is 9.29. The Bertz CT molecular complexity index is 1610. The monoisotopic (exact) mass is 445 g/mol. The lowest BCUT2D eigenvalue weighted by molar-refractivity contribution is 0.402. The predicted molar refractivity (Wildman–Crippen MR) is 135 cm³/mol. The van der Waals surface area contributed by atoms with E-state index in [1.807, 2.05) is 43.1 Å². The smallest absolute Gasteiger partial charge is 0.155 e. The van der Waals surface area contributed by atoms with Crippen molar-refractivity contribution in [1.82, 2.24) is 35.0 Å². The van der Waals surface area contributed by atoms with Gasteiger partial charge in [-0.1, -0.05) is 12.1 Å². The van der Waals surface area contributed by atoms with E-state index in [2.05, 4.69) is 85.5 Å². The molecule has 34 heavy (non-hydrogen) atoms. The van der Waals surface area contributed by atoms with E-state index in [9.17, 15) is 0 Å². The standard InChI is InChI=1S/C27H23N7/c1-34(2)16-17-10-19(14-29-13-17)20-11-23-26(32-33-27(23)30-15-20)25-12-22-21(4-3-5-24(22)31-25)18-6-8-28-9-7-18/h3-15,31H,16H2,1-2H3,(H,30,32,33). The van der Waals surface area contributed by atoms with Crippen molar-refractivity contribution in [3.8, 4) is 33.6 Å². The summed E-state index contributed by atoms with van der Waals surface area (Å²) < 4.78 is 0. The maximum Gasteiger partial charge on any atom is 0.155 e. The molecule has 1 aromatic carbocycles. The van der Waals surface area contributed by atoms with Crippen LogP contribution in [0.1, 0.15) is 5.56 Å². The molecule has 0 aliphatic rings. The van der Waals surface area contributed by atoms with Gasteiger partial charge in [0, 0.05) is 64.9 Å². The number of benzene rings is 1. The van der Waals surface area contributed by atoms with E-state index < -0.39 is 0 Å². The van der Waals surface area contributed by atoms with E-state index in [0.717, 1.165) is 67.7 Å². The number of rotatable bonds is 5. The lowest BCUT2D eigenvalue weighted by Gasteiger charge is -2.10. The summed E-state index contributed by atoms with van der Waals surface area (Å²) >= 11 is 0. The zero-order chi connectivity index (χ0) is 23.1. The quantitative estimate of drug-likeness (QED) is 0.376. The number of hydrogen-bond donors (Lipinski definition) is 2. The minimum Gasteiger partial charge on any atom is -0.353 e. The Morgan fingerprint density at radius 1 is 0.824 bits per heavy atom. The molecule has 6 aromatic rings. The fourth-order valence-electron chi connectivity index (χ4n) is 4.43. The Labute approximate surface area is 196 Å². The molecule has 0 aliphatic carbocycles. The minimum atomic E-state index is 0.754. The molecule has 2 N–H and O–H groups in total. The Hall–Kier alpha value is -4.36. The number of aromatic amines is 2. The van der Waals surface area contributed by atoms with Crippen molar-refractivity contribution in [3.63, 3.8) is 0 Å². The van der Waals surface area contributed by atoms with E-state index >= 15 is 0 Å². The van der Waals surface area contributed by atoms with Crippen molar-refractivity contribution in [1.29, 1.82) is 0 Å². The molecule has 0 radical (unpaired) electrons. The highest BCUT2D eigenvalue weighted by molar-refractivity contribution is 6.01. The summed E-state index contributed by atoms with van der Waals surface area (Å²) in [7, 11) is 4.11. The van der Waals surface area contributed by atoms with Gasteiger partial charge in [0.2, 0.25) is 0 Å². The Morgan fingerprint density at radius 2 is 1.68 bits per heavy atom. The van der Waals surface area contributed by atoms with Gasteiger partial charge in [-0.05, 0) is 67.2 Å². The van der Waals surface area contributed by atoms with Crippen molar-refractivity contribution >= 4 is 21.9 Å². The summed E-state index contributed by atoms with van der Waals surface area (Å²) in [6.45, 7) is 0.836. The second kappa shape index (κ2) is 8.20. The highest BCUT2D eigenvalue weighted by atomic mass is 15.2. The van der Waals surface area contributed by atoms with E-state index in [-0.39, 0.29) is 0 Å². The Morgan fingerprint density at radius 3 is 2.53 bits per heavy atom. The van der Waals surface area contributed by atoms with Crippen LogP contribution in [0.2, 0.25) is 0 Å². The van der Waals surface area contributed by atoms with Gasteiger partial charge in [-0.25, -0.2) is 4.98 Å². The van der Waals surface area contributed by atoms with Crippen LogP contribution in [0.3, 0.4) is 0 Å². The molecule has 0 spiro atoms. The molecule has 5 aromatic heterocycles. The number of nitrogens with zero attached hydrogens (tertiary/aromatic N) is 5. The molecule has 7 nitrogen and oxygen atoms in total. The molecule has 0 atom stereocenters. The number of pyridine rings is 3. The van der Waals surface area contributed by atoms with Crippen molar-refractivity contribution in [2.45, 2.75) is 6.54 Å². The minimum absolute atomic E-state index is 0.754. The van der Waals surface area contributed by atoms with E-state index in [4.69, 9.17) is 0 Å². The van der Waals surface area contributed by atoms with Crippen molar-refractivity contribution in [2.75, 3.05) is 14.1 Å². The largest absolute Gasteiger partial charge is 0.353 e. The van der Waals surface area contributed by atoms with Crippen LogP contribution >= 0.6 is 0 Å². The third-order valence-corrected chi connectivity index (χ3v) is 5.95. The van der Waals surface area contributed by atoms with E-state index in [1.165, 1.54) is 0 Å². The highest BCUT2D eigenvalue weighted by Gasteiger charge is 2.15. The second-order valence-corrected chi connectivity index (χ2v) is 8.70. The zero-order valence-electron chi connectivity index (χ0n) is 18.9. The number of nitrogens with one attached hydrogen (secondary N) is 2. The Kier molecular flexibility index (Phi) is 4.89. The lowest BCUT2D eigenvalue weighted by atomic mass is 10.0. The van der Waals surface area contributed by atoms with Gasteiger partial charge >= 0.3 is 0 Å². The topological polar surface area (TPSA) is 86.4 Å². The SMILES string of the molecule is CN(C)Cc1cncc(-c2cnc3[nH]nc(-c4cc5c(-c6ccncc6)cccc5[nH]4)c3c2)c1. The van der Waals surface area contributed by atoms with Crippen LogP contribution in [0.4, 0.5) is 0 Å². The predicted octanol–water partition coefficient (Wildman–Crippen LogP) is 5.29. The molecule has 0 amide bonds. The maximum absolute atomic E-state index is 4.64. The van der Waals surface area contributed by atoms with Crippen LogP contribution in [0.5, 0.6) is 0 Å². The first-order valence-electron chi connectivity index (χ1n) is 11.1. The summed E-state index contributed by atoms with van der Waals surface area (Å²) in [5, 5.41) is 9.79. The summed E-state index contributed by atoms with van der Waals surface area (Å²) in [5.41, 5.74) is 9.11. The number of aromatic nitrogens is 6. The fraction of sp³-hybridized carbons (Fsp3) is 0.111. The third kappa shape index (κ3) is 3.62. The first kappa shape index (κ1) is 20.3. The average molecular weight is 446 g/mol. The van der Waals surface area contributed by atoms with Gasteiger partial charge < -0.3 is 9.88 Å². The van der Waals surface area contributed by atoms with Gasteiger partial charge in [0.15, 0.2) is 5.65 Å². The molecule has 0 saturated heterocycles. The molecule has 5 heterocycles. The van der Waals surface area contributed by atoms with Crippen LogP contribution < -0.4 is 0 Å². The third-order valence-electron chi connectivity index (χ3n) is 5.95. The molecule has 166 valence electrons. The maximum atomic E-state index is 4.64. The van der Waals surface area contributed by atoms with Crippen LogP contribution in [0, 0.1) is 0 Å². The van der Waals surface area contributed by atoms with Gasteiger partial charge in [-0.2, -0.15) is 5.10 Å². The Balaban J connectivity index is 1.45. The normalized spacial score (nSPS) is 11.6. The van der Waals surface area contributed by atoms with E-state index in [1.54, 1.807) is 0 Å². The summed E-state index contributed by atoms with van der Waals surface area (Å²) in [4.78, 5) is 18.9. The molecule has 0 saturated carbocycles. The summed E-state index contributed by atoms with van der Waals surface area (Å²) in [5.74, 6) is 0. The molecular formula is C27H23N7. The van der Waals surface area contributed by atoms with Crippen LogP contribution in [0.15, 0.2) is 79.5 Å². The van der Waals surface area contributed by atoms with Crippen LogP contribution in [0.25, 0.3) is 55.6 Å². The first-order chi connectivity index (χ1) is 16.7. The molecule has 6 rings (SSSR count). The molecule has 0 unspecified atom stereocenters. The number of hydrogen-bond acceptors (Lipinski definition) is 5. The molecule has 0 bridgehead atoms. The van der Waals surface area contributed by atoms with E-state index in [0.29, 0.717) is 0 Å². The zero-order valence-corrected chi connectivity index (χ0v) is 18.9.